The van der Waals surface area contributed by atoms with Crippen LogP contribution in [0.25, 0.3) is 0 Å². The van der Waals surface area contributed by atoms with Crippen molar-refractivity contribution >= 4 is 17.9 Å². The molecular weight excluding hydrogens is 506 g/mol. The van der Waals surface area contributed by atoms with Crippen LogP contribution in [0.5, 0.6) is 0 Å². The number of allylic oxidation sites excluding steroid dienone is 2. The van der Waals surface area contributed by atoms with E-state index in [1.165, 1.54) is 103 Å². The standard InChI is InChI=1S/C33H61NO6/c1-2-3-4-5-6-7-8-9-10-11-12-13-14-15-16-17-18-19-20-21-22-23-27-34(28-24-31(35)36,29-25-32(37)38)30-26-33(39)40/h3-4H,2,5-30H2,1H3,(H2-,35,36,37,38,39,40)/b4-3+. The van der Waals surface area contributed by atoms with Gasteiger partial charge in [0.1, 0.15) is 0 Å². The third kappa shape index (κ3) is 26.3. The predicted octanol–water partition coefficient (Wildman–Crippen LogP) is 7.27. The molecule has 0 radical (unpaired) electrons. The van der Waals surface area contributed by atoms with Gasteiger partial charge in [0, 0.05) is 12.4 Å². The Bertz CT molecular complexity index is 618. The molecule has 0 atom stereocenters. The number of carboxylic acid groups (broad SMARTS) is 3. The van der Waals surface area contributed by atoms with Gasteiger partial charge in [-0.2, -0.15) is 0 Å². The number of rotatable bonds is 31. The lowest BCUT2D eigenvalue weighted by Gasteiger charge is -2.38. The molecule has 0 amide bonds. The number of quaternary nitrogens is 1. The average Bonchev–Trinajstić information content (AvgIpc) is 2.92. The second kappa shape index (κ2) is 27.3. The first-order valence-corrected chi connectivity index (χ1v) is 16.4. The van der Waals surface area contributed by atoms with Crippen LogP contribution >= 0.6 is 0 Å². The molecule has 7 heteroatoms. The van der Waals surface area contributed by atoms with Gasteiger partial charge in [-0.1, -0.05) is 115 Å². The maximum Gasteiger partial charge on any atom is 0.309 e. The summed E-state index contributed by atoms with van der Waals surface area (Å²) in [5, 5.41) is 29.3. The van der Waals surface area contributed by atoms with Gasteiger partial charge in [-0.3, -0.25) is 9.59 Å². The largest absolute Gasteiger partial charge is 0.550 e. The first kappa shape index (κ1) is 38.1. The Kier molecular flexibility index (Phi) is 26.0. The van der Waals surface area contributed by atoms with Crippen LogP contribution in [0.1, 0.15) is 155 Å². The molecule has 40 heavy (non-hydrogen) atoms. The zero-order valence-corrected chi connectivity index (χ0v) is 25.7. The number of carboxylic acids is 3. The molecule has 0 aliphatic carbocycles. The van der Waals surface area contributed by atoms with E-state index in [0.717, 1.165) is 25.7 Å². The van der Waals surface area contributed by atoms with Crippen molar-refractivity contribution in [3.8, 4) is 0 Å². The van der Waals surface area contributed by atoms with E-state index in [1.807, 2.05) is 0 Å². The Labute approximate surface area is 245 Å². The molecule has 0 fully saturated rings. The average molecular weight is 568 g/mol. The Morgan fingerprint density at radius 3 is 1.23 bits per heavy atom. The van der Waals surface area contributed by atoms with Crippen LogP contribution in [0.3, 0.4) is 0 Å². The van der Waals surface area contributed by atoms with E-state index in [4.69, 9.17) is 10.2 Å². The first-order valence-electron chi connectivity index (χ1n) is 16.4. The molecular formula is C33H61NO6. The molecule has 234 valence electrons. The van der Waals surface area contributed by atoms with Gasteiger partial charge in [-0.15, -0.1) is 0 Å². The maximum absolute atomic E-state index is 11.1. The number of hydrogen-bond donors (Lipinski definition) is 2. The van der Waals surface area contributed by atoms with Crippen LogP contribution in [0.15, 0.2) is 12.2 Å². The molecule has 0 bridgehead atoms. The smallest absolute Gasteiger partial charge is 0.309 e. The summed E-state index contributed by atoms with van der Waals surface area (Å²) in [6.07, 6.45) is 29.7. The van der Waals surface area contributed by atoms with Crippen molar-refractivity contribution in [1.29, 1.82) is 0 Å². The molecule has 7 nitrogen and oxygen atoms in total. The van der Waals surface area contributed by atoms with Crippen molar-refractivity contribution in [1.82, 2.24) is 0 Å². The van der Waals surface area contributed by atoms with Crippen LogP contribution in [-0.2, 0) is 14.4 Å². The van der Waals surface area contributed by atoms with Crippen molar-refractivity contribution in [3.05, 3.63) is 12.2 Å². The fourth-order valence-electron chi connectivity index (χ4n) is 5.49. The Morgan fingerprint density at radius 1 is 0.525 bits per heavy atom. The molecule has 0 aromatic carbocycles. The summed E-state index contributed by atoms with van der Waals surface area (Å²) in [6, 6.07) is 0. The minimum atomic E-state index is -1.18. The van der Waals surface area contributed by atoms with E-state index in [2.05, 4.69) is 19.1 Å². The van der Waals surface area contributed by atoms with Gasteiger partial charge in [-0.25, -0.2) is 0 Å². The summed E-state index contributed by atoms with van der Waals surface area (Å²) >= 11 is 0. The van der Waals surface area contributed by atoms with Gasteiger partial charge >= 0.3 is 11.9 Å². The van der Waals surface area contributed by atoms with Gasteiger partial charge in [0.25, 0.3) is 0 Å². The SMILES string of the molecule is CC/C=C/CCCCCCCCCCCCCCCCCCCC[N+](CCC(=O)[O-])(CCC(=O)O)CCC(=O)O. The number of unbranched alkanes of at least 4 members (excludes halogenated alkanes) is 18. The van der Waals surface area contributed by atoms with Crippen molar-refractivity contribution < 1.29 is 34.2 Å². The number of aliphatic carboxylic acids is 3. The summed E-state index contributed by atoms with van der Waals surface area (Å²) < 4.78 is 0.226. The molecule has 0 rings (SSSR count). The monoisotopic (exact) mass is 567 g/mol. The Morgan fingerprint density at radius 2 is 0.875 bits per heavy atom. The predicted molar refractivity (Wildman–Crippen MR) is 161 cm³/mol. The molecule has 0 spiro atoms. The van der Waals surface area contributed by atoms with E-state index in [1.54, 1.807) is 0 Å². The number of nitrogens with zero attached hydrogens (tertiary/aromatic N) is 1. The van der Waals surface area contributed by atoms with E-state index in [-0.39, 0.29) is 43.4 Å². The Balaban J connectivity index is 3.79. The lowest BCUT2D eigenvalue weighted by Crippen LogP contribution is -2.53. The van der Waals surface area contributed by atoms with Crippen LogP contribution < -0.4 is 5.11 Å². The van der Waals surface area contributed by atoms with E-state index in [9.17, 15) is 19.5 Å². The van der Waals surface area contributed by atoms with E-state index < -0.39 is 17.9 Å². The minimum absolute atomic E-state index is 0.0930. The van der Waals surface area contributed by atoms with E-state index in [0.29, 0.717) is 6.54 Å². The Hall–Kier alpha value is -1.89. The maximum atomic E-state index is 11.1. The summed E-state index contributed by atoms with van der Waals surface area (Å²) in [7, 11) is 0. The third-order valence-corrected chi connectivity index (χ3v) is 8.05. The molecule has 0 saturated heterocycles. The molecule has 0 aromatic heterocycles. The van der Waals surface area contributed by atoms with Gasteiger partial charge < -0.3 is 24.6 Å². The highest BCUT2D eigenvalue weighted by Crippen LogP contribution is 2.17. The first-order chi connectivity index (χ1) is 19.3. The molecule has 0 unspecified atom stereocenters. The summed E-state index contributed by atoms with van der Waals surface area (Å²) in [4.78, 5) is 33.3. The highest BCUT2D eigenvalue weighted by atomic mass is 16.4. The van der Waals surface area contributed by atoms with E-state index >= 15 is 0 Å². The lowest BCUT2D eigenvalue weighted by molar-refractivity contribution is -0.927. The lowest BCUT2D eigenvalue weighted by atomic mass is 10.0. The van der Waals surface area contributed by atoms with Gasteiger partial charge in [-0.05, 0) is 32.1 Å². The highest BCUT2D eigenvalue weighted by Gasteiger charge is 2.28. The van der Waals surface area contributed by atoms with Gasteiger partial charge in [0.2, 0.25) is 0 Å². The van der Waals surface area contributed by atoms with Crippen molar-refractivity contribution in [3.63, 3.8) is 0 Å². The number of carbonyl (C=O) groups excluding carboxylic acids is 1. The zero-order valence-electron chi connectivity index (χ0n) is 25.7. The van der Waals surface area contributed by atoms with Crippen molar-refractivity contribution in [2.45, 2.75) is 155 Å². The fourth-order valence-corrected chi connectivity index (χ4v) is 5.49. The topological polar surface area (TPSA) is 115 Å². The van der Waals surface area contributed by atoms with Crippen molar-refractivity contribution in [2.75, 3.05) is 26.2 Å². The van der Waals surface area contributed by atoms with Crippen LogP contribution in [0.4, 0.5) is 0 Å². The van der Waals surface area contributed by atoms with Gasteiger partial charge in [0.05, 0.1) is 39.0 Å². The van der Waals surface area contributed by atoms with Crippen LogP contribution in [-0.4, -0.2) is 58.8 Å². The quantitative estimate of drug-likeness (QED) is 0.0517. The third-order valence-electron chi connectivity index (χ3n) is 8.05. The second-order valence-corrected chi connectivity index (χ2v) is 11.7. The second-order valence-electron chi connectivity index (χ2n) is 11.7. The van der Waals surface area contributed by atoms with Crippen LogP contribution in [0.2, 0.25) is 0 Å². The molecule has 0 aliphatic rings. The number of carbonyl (C=O) groups is 3. The highest BCUT2D eigenvalue weighted by molar-refractivity contribution is 5.67. The minimum Gasteiger partial charge on any atom is -0.550 e. The molecule has 0 saturated carbocycles. The summed E-state index contributed by atoms with van der Waals surface area (Å²) in [5.41, 5.74) is 0. The fraction of sp³-hybridized carbons (Fsp3) is 0.848. The molecule has 2 N–H and O–H groups in total. The molecule has 0 aliphatic heterocycles. The van der Waals surface area contributed by atoms with Gasteiger partial charge in [0.15, 0.2) is 0 Å². The summed E-state index contributed by atoms with van der Waals surface area (Å²) in [6.45, 7) is 3.54. The van der Waals surface area contributed by atoms with Crippen molar-refractivity contribution in [2.24, 2.45) is 0 Å². The van der Waals surface area contributed by atoms with Crippen LogP contribution in [0, 0.1) is 0 Å². The zero-order chi connectivity index (χ0) is 29.7. The number of hydrogen-bond acceptors (Lipinski definition) is 4. The normalized spacial score (nSPS) is 11.8. The molecule has 0 aromatic rings. The molecule has 0 heterocycles. The summed E-state index contributed by atoms with van der Waals surface area (Å²) in [5.74, 6) is -3.07.